The van der Waals surface area contributed by atoms with Crippen LogP contribution in [0.3, 0.4) is 0 Å². The molecule has 2 rings (SSSR count). The molecule has 2 aromatic rings. The molecule has 0 saturated carbocycles. The van der Waals surface area contributed by atoms with Gasteiger partial charge in [-0.05, 0) is 38.5 Å². The van der Waals surface area contributed by atoms with E-state index >= 15 is 0 Å². The Morgan fingerprint density at radius 3 is 2.52 bits per heavy atom. The minimum atomic E-state index is -0.690. The number of ketones is 1. The van der Waals surface area contributed by atoms with Gasteiger partial charge in [0.1, 0.15) is 11.4 Å². The van der Waals surface area contributed by atoms with Gasteiger partial charge >= 0.3 is 0 Å². The predicted molar refractivity (Wildman–Crippen MR) is 101 cm³/mol. The highest BCUT2D eigenvalue weighted by Crippen LogP contribution is 2.26. The second kappa shape index (κ2) is 8.48. The molecule has 0 saturated heterocycles. The quantitative estimate of drug-likeness (QED) is 0.690. The number of primary amides is 1. The van der Waals surface area contributed by atoms with Crippen LogP contribution < -0.4 is 15.8 Å². The molecule has 1 heterocycles. The molecule has 0 spiro atoms. The second-order valence-corrected chi connectivity index (χ2v) is 6.06. The van der Waals surface area contributed by atoms with Crippen LogP contribution in [0.15, 0.2) is 18.2 Å². The van der Waals surface area contributed by atoms with Crippen LogP contribution in [-0.4, -0.2) is 34.0 Å². The summed E-state index contributed by atoms with van der Waals surface area (Å²) in [5.41, 5.74) is 7.02. The number of anilines is 1. The van der Waals surface area contributed by atoms with E-state index in [0.717, 1.165) is 6.42 Å². The molecule has 0 atom stereocenters. The van der Waals surface area contributed by atoms with E-state index in [4.69, 9.17) is 10.5 Å². The van der Waals surface area contributed by atoms with Crippen LogP contribution in [0.25, 0.3) is 0 Å². The lowest BCUT2D eigenvalue weighted by Gasteiger charge is -2.12. The number of nitrogens with one attached hydrogen (secondary N) is 1. The summed E-state index contributed by atoms with van der Waals surface area (Å²) in [5.74, 6) is -1.01. The molecule has 144 valence electrons. The molecule has 3 N–H and O–H groups in total. The lowest BCUT2D eigenvalue weighted by atomic mass is 10.1. The van der Waals surface area contributed by atoms with Crippen molar-refractivity contribution < 1.29 is 19.1 Å². The lowest BCUT2D eigenvalue weighted by Crippen LogP contribution is -2.21. The molecule has 1 aromatic heterocycles. The minimum Gasteiger partial charge on any atom is -0.493 e. The number of hydrogen-bond donors (Lipinski definition) is 2. The minimum absolute atomic E-state index is 0.118. The number of nitrogens with zero attached hydrogens (tertiary/aromatic N) is 2. The van der Waals surface area contributed by atoms with E-state index < -0.39 is 11.8 Å². The fraction of sp³-hybridized carbons (Fsp3) is 0.368. The van der Waals surface area contributed by atoms with Crippen molar-refractivity contribution in [1.29, 1.82) is 0 Å². The maximum atomic E-state index is 12.9. The summed E-state index contributed by atoms with van der Waals surface area (Å²) in [6.45, 7) is 5.54. The summed E-state index contributed by atoms with van der Waals surface area (Å²) >= 11 is 0. The number of hydrogen-bond acceptors (Lipinski definition) is 5. The number of benzene rings is 1. The number of ether oxygens (including phenoxy) is 1. The largest absolute Gasteiger partial charge is 0.493 e. The zero-order valence-electron chi connectivity index (χ0n) is 16.0. The number of aromatic nitrogens is 2. The smallest absolute Gasteiger partial charge is 0.269 e. The van der Waals surface area contributed by atoms with E-state index in [-0.39, 0.29) is 22.7 Å². The van der Waals surface area contributed by atoms with E-state index in [9.17, 15) is 14.4 Å². The van der Waals surface area contributed by atoms with Crippen molar-refractivity contribution in [3.8, 4) is 5.75 Å². The van der Waals surface area contributed by atoms with Gasteiger partial charge in [-0.1, -0.05) is 13.3 Å². The number of rotatable bonds is 8. The Morgan fingerprint density at radius 1 is 1.26 bits per heavy atom. The van der Waals surface area contributed by atoms with Crippen molar-refractivity contribution in [2.75, 3.05) is 11.9 Å². The molecule has 0 bridgehead atoms. The predicted octanol–water partition coefficient (Wildman–Crippen LogP) is 2.33. The Labute approximate surface area is 157 Å². The number of amides is 2. The normalized spacial score (nSPS) is 10.5. The molecular weight excluding hydrogens is 348 g/mol. The van der Waals surface area contributed by atoms with Crippen LogP contribution in [0.4, 0.5) is 5.69 Å². The standard InChI is InChI=1S/C19H24N4O4/c1-5-7-14-16(17(18(20)25)23(4)22-14)21-19(26)13-10-12(11(3)24)8-9-15(13)27-6-2/h8-10H,5-7H2,1-4H3,(H2,20,25)(H,21,26). The van der Waals surface area contributed by atoms with Crippen molar-refractivity contribution in [3.05, 3.63) is 40.7 Å². The van der Waals surface area contributed by atoms with E-state index in [0.29, 0.717) is 30.0 Å². The molecule has 0 unspecified atom stereocenters. The molecule has 0 aliphatic rings. The Balaban J connectivity index is 2.49. The van der Waals surface area contributed by atoms with Crippen molar-refractivity contribution >= 4 is 23.3 Å². The average molecular weight is 372 g/mol. The molecule has 0 aliphatic carbocycles. The Bertz CT molecular complexity index is 886. The van der Waals surface area contributed by atoms with Gasteiger partial charge in [-0.2, -0.15) is 5.10 Å². The highest BCUT2D eigenvalue weighted by molar-refractivity contribution is 6.11. The first-order chi connectivity index (χ1) is 12.8. The van der Waals surface area contributed by atoms with Gasteiger partial charge in [-0.25, -0.2) is 0 Å². The second-order valence-electron chi connectivity index (χ2n) is 6.06. The monoisotopic (exact) mass is 372 g/mol. The Kier molecular flexibility index (Phi) is 6.33. The number of carbonyl (C=O) groups excluding carboxylic acids is 3. The topological polar surface area (TPSA) is 116 Å². The SMILES string of the molecule is CCCc1nn(C)c(C(N)=O)c1NC(=O)c1cc(C(C)=O)ccc1OCC. The van der Waals surface area contributed by atoms with Crippen LogP contribution in [0.1, 0.15) is 64.1 Å². The maximum Gasteiger partial charge on any atom is 0.269 e. The van der Waals surface area contributed by atoms with Gasteiger partial charge in [0.2, 0.25) is 0 Å². The van der Waals surface area contributed by atoms with Crippen LogP contribution >= 0.6 is 0 Å². The molecule has 0 aliphatic heterocycles. The molecule has 1 aromatic carbocycles. The Hall–Kier alpha value is -3.16. The first kappa shape index (κ1) is 20.2. The molecule has 8 nitrogen and oxygen atoms in total. The van der Waals surface area contributed by atoms with Crippen molar-refractivity contribution in [3.63, 3.8) is 0 Å². The number of nitrogens with two attached hydrogens (primary N) is 1. The van der Waals surface area contributed by atoms with Crippen LogP contribution in [0.5, 0.6) is 5.75 Å². The molecule has 0 fully saturated rings. The molecule has 2 amide bonds. The summed E-state index contributed by atoms with van der Waals surface area (Å²) in [5, 5.41) is 7.02. The van der Waals surface area contributed by atoms with Crippen LogP contribution in [0.2, 0.25) is 0 Å². The lowest BCUT2D eigenvalue weighted by molar-refractivity contribution is 0.0989. The zero-order valence-corrected chi connectivity index (χ0v) is 16.0. The van der Waals surface area contributed by atoms with E-state index in [2.05, 4.69) is 10.4 Å². The number of aryl methyl sites for hydroxylation is 2. The maximum absolute atomic E-state index is 12.9. The fourth-order valence-electron chi connectivity index (χ4n) is 2.79. The van der Waals surface area contributed by atoms with Crippen molar-refractivity contribution in [2.45, 2.75) is 33.6 Å². The van der Waals surface area contributed by atoms with Gasteiger partial charge in [-0.15, -0.1) is 0 Å². The highest BCUT2D eigenvalue weighted by atomic mass is 16.5. The zero-order chi connectivity index (χ0) is 20.1. The number of Topliss-reactive ketones (excluding diaryl/α,β-unsaturated/α-hetero) is 1. The van der Waals surface area contributed by atoms with Crippen LogP contribution in [-0.2, 0) is 13.5 Å². The summed E-state index contributed by atoms with van der Waals surface area (Å²) in [7, 11) is 1.59. The van der Waals surface area contributed by atoms with E-state index in [1.54, 1.807) is 26.1 Å². The van der Waals surface area contributed by atoms with Gasteiger partial charge in [0, 0.05) is 12.6 Å². The summed E-state index contributed by atoms with van der Waals surface area (Å²) in [4.78, 5) is 36.5. The van der Waals surface area contributed by atoms with E-state index in [1.165, 1.54) is 17.7 Å². The molecule has 8 heteroatoms. The third-order valence-electron chi connectivity index (χ3n) is 4.01. The van der Waals surface area contributed by atoms with Crippen LogP contribution in [0, 0.1) is 0 Å². The van der Waals surface area contributed by atoms with Gasteiger partial charge < -0.3 is 15.8 Å². The third-order valence-corrected chi connectivity index (χ3v) is 4.01. The average Bonchev–Trinajstić information content (AvgIpc) is 2.90. The molecular formula is C19H24N4O4. The van der Waals surface area contributed by atoms with Crippen molar-refractivity contribution in [1.82, 2.24) is 9.78 Å². The number of carbonyl (C=O) groups is 3. The van der Waals surface area contributed by atoms with Gasteiger partial charge in [0.05, 0.1) is 23.6 Å². The molecule has 0 radical (unpaired) electrons. The fourth-order valence-corrected chi connectivity index (χ4v) is 2.79. The van der Waals surface area contributed by atoms with Gasteiger partial charge in [0.25, 0.3) is 11.8 Å². The van der Waals surface area contributed by atoms with E-state index in [1.807, 2.05) is 6.92 Å². The summed E-state index contributed by atoms with van der Waals surface area (Å²) < 4.78 is 6.87. The van der Waals surface area contributed by atoms with Crippen molar-refractivity contribution in [2.24, 2.45) is 12.8 Å². The molecule has 27 heavy (non-hydrogen) atoms. The Morgan fingerprint density at radius 2 is 1.96 bits per heavy atom. The third kappa shape index (κ3) is 4.33. The van der Waals surface area contributed by atoms with Gasteiger partial charge in [0.15, 0.2) is 5.78 Å². The first-order valence-electron chi connectivity index (χ1n) is 8.74. The van der Waals surface area contributed by atoms with Gasteiger partial charge in [-0.3, -0.25) is 19.1 Å². The highest BCUT2D eigenvalue weighted by Gasteiger charge is 2.23. The summed E-state index contributed by atoms with van der Waals surface area (Å²) in [6.07, 6.45) is 1.35. The summed E-state index contributed by atoms with van der Waals surface area (Å²) in [6, 6.07) is 4.66. The first-order valence-corrected chi connectivity index (χ1v) is 8.74.